The van der Waals surface area contributed by atoms with Crippen molar-refractivity contribution in [2.75, 3.05) is 27.2 Å². The summed E-state index contributed by atoms with van der Waals surface area (Å²) in [7, 11) is 3.35. The molecule has 8 N–H and O–H groups in total. The Morgan fingerprint density at radius 3 is 1.19 bits per heavy atom. The van der Waals surface area contributed by atoms with E-state index in [-0.39, 0.29) is 97.4 Å². The van der Waals surface area contributed by atoms with Crippen molar-refractivity contribution in [2.45, 2.75) is 152 Å². The number of rotatable bonds is 20. The zero-order valence-corrected chi connectivity index (χ0v) is 43.3. The van der Waals surface area contributed by atoms with Gasteiger partial charge in [0, 0.05) is 49.4 Å². The van der Waals surface area contributed by atoms with Crippen molar-refractivity contribution >= 4 is 47.3 Å². The number of hydrogen-bond acceptors (Lipinski definition) is 10. The fourth-order valence-corrected chi connectivity index (χ4v) is 10.9. The Kier molecular flexibility index (Phi) is 19.7. The van der Waals surface area contributed by atoms with Gasteiger partial charge in [0.2, 0.25) is 35.4 Å². The van der Waals surface area contributed by atoms with Crippen LogP contribution in [0.15, 0.2) is 84.9 Å². The summed E-state index contributed by atoms with van der Waals surface area (Å²) in [4.78, 5) is 115. The Labute approximate surface area is 435 Å². The molecule has 7 rings (SSSR count). The zero-order valence-electron chi connectivity index (χ0n) is 43.3. The molecule has 0 aromatic heterocycles. The molecule has 2 aliphatic heterocycles. The van der Waals surface area contributed by atoms with E-state index in [1.165, 1.54) is 34.1 Å². The highest BCUT2D eigenvalue weighted by molar-refractivity contribution is 5.99. The largest absolute Gasteiger partial charge is 0.350 e. The first-order chi connectivity index (χ1) is 35.7. The molecule has 4 fully saturated rings. The van der Waals surface area contributed by atoms with Crippen molar-refractivity contribution in [3.05, 3.63) is 107 Å². The fraction of sp³-hybridized carbons (Fsp3) is 0.536. The molecule has 74 heavy (non-hydrogen) atoms. The predicted molar refractivity (Wildman–Crippen MR) is 280 cm³/mol. The van der Waals surface area contributed by atoms with Gasteiger partial charge in [0.25, 0.3) is 11.8 Å². The molecule has 2 aliphatic carbocycles. The van der Waals surface area contributed by atoms with Gasteiger partial charge >= 0.3 is 0 Å². The van der Waals surface area contributed by atoms with E-state index in [1.807, 2.05) is 60.7 Å². The molecule has 2 saturated carbocycles. The highest BCUT2D eigenvalue weighted by Gasteiger charge is 2.46. The van der Waals surface area contributed by atoms with Gasteiger partial charge in [-0.3, -0.25) is 38.4 Å². The summed E-state index contributed by atoms with van der Waals surface area (Å²) < 4.78 is 0. The maximum absolute atomic E-state index is 14.7. The van der Waals surface area contributed by atoms with Gasteiger partial charge in [-0.2, -0.15) is 0 Å². The van der Waals surface area contributed by atoms with Gasteiger partial charge in [-0.1, -0.05) is 99.2 Å². The molecular weight excluding hydrogens is 941 g/mol. The predicted octanol–water partition coefficient (Wildman–Crippen LogP) is 3.06. The number of amides is 8. The lowest BCUT2D eigenvalue weighted by atomic mass is 9.83. The average Bonchev–Trinajstić information content (AvgIpc) is 4.07. The minimum absolute atomic E-state index is 0.0458. The molecule has 0 spiro atoms. The average molecular weight is 1020 g/mol. The normalized spacial score (nSPS) is 21.8. The summed E-state index contributed by atoms with van der Waals surface area (Å²) in [6.45, 7) is 4.03. The van der Waals surface area contributed by atoms with E-state index in [2.05, 4.69) is 42.5 Å². The topological polar surface area (TPSA) is 239 Å². The van der Waals surface area contributed by atoms with Crippen LogP contribution in [0.1, 0.15) is 123 Å². The molecule has 0 bridgehead atoms. The Bertz CT molecular complexity index is 2250. The van der Waals surface area contributed by atoms with Gasteiger partial charge in [0.1, 0.15) is 24.2 Å². The van der Waals surface area contributed by atoms with Crippen molar-refractivity contribution in [3.8, 4) is 0 Å². The van der Waals surface area contributed by atoms with E-state index in [4.69, 9.17) is 0 Å². The molecule has 8 amide bonds. The summed E-state index contributed by atoms with van der Waals surface area (Å²) in [5.41, 5.74) is 2.28. The second kappa shape index (κ2) is 26.5. The van der Waals surface area contributed by atoms with Gasteiger partial charge in [0.05, 0.1) is 12.1 Å². The molecule has 2 heterocycles. The molecule has 3 aromatic rings. The lowest BCUT2D eigenvalue weighted by molar-refractivity contribution is -0.143. The fourth-order valence-electron chi connectivity index (χ4n) is 10.9. The smallest absolute Gasteiger partial charge is 0.251 e. The molecule has 3 aromatic carbocycles. The molecule has 18 nitrogen and oxygen atoms in total. The van der Waals surface area contributed by atoms with Crippen LogP contribution in [0.25, 0.3) is 0 Å². The molecule has 18 heteroatoms. The van der Waals surface area contributed by atoms with Crippen LogP contribution in [0.4, 0.5) is 0 Å². The highest BCUT2D eigenvalue weighted by atomic mass is 16.2. The lowest BCUT2D eigenvalue weighted by Gasteiger charge is -2.35. The number of carbonyl (C=O) groups excluding carboxylic acids is 8. The van der Waals surface area contributed by atoms with Crippen molar-refractivity contribution in [3.63, 3.8) is 0 Å². The van der Waals surface area contributed by atoms with Crippen molar-refractivity contribution in [2.24, 2.45) is 11.8 Å². The Hall–Kier alpha value is -6.66. The first-order valence-corrected chi connectivity index (χ1v) is 26.7. The van der Waals surface area contributed by atoms with Crippen molar-refractivity contribution in [1.82, 2.24) is 52.3 Å². The van der Waals surface area contributed by atoms with Gasteiger partial charge in [0.15, 0.2) is 0 Å². The van der Waals surface area contributed by atoms with E-state index in [0.29, 0.717) is 0 Å². The standard InChI is InChI=1S/C56H76N10O8/c1-35(57-3)49(67)63-47(39-21-13-7-14-22-39)55(73)65-33-43(29-45(65)53(71)59-31-37-17-9-5-10-18-37)61-51(69)41-25-27-42(28-26-41)52(70)62-44-30-46(54(72)60-32-38-19-11-6-12-20-38)66(34-44)56(74)48(40-23-15-8-16-24-40)64-50(68)36(2)58-4/h5-6,9-12,17-20,25-28,35-36,39-40,43-48,57-58H,7-8,13-16,21-24,29-34H2,1-4H3,(H,59,71)(H,60,72)(H,61,69)(H,62,70)(H,63,67)(H,64,68)/t35-,36-,43-,44-,45-,46-,47-,48-/m0/s1. The minimum atomic E-state index is -0.914. The summed E-state index contributed by atoms with van der Waals surface area (Å²) in [6, 6.07) is 19.2. The van der Waals surface area contributed by atoms with Crippen molar-refractivity contribution in [1.29, 1.82) is 0 Å². The van der Waals surface area contributed by atoms with Crippen LogP contribution in [0, 0.1) is 11.8 Å². The molecule has 0 unspecified atom stereocenters. The number of benzene rings is 3. The Balaban J connectivity index is 1.03. The number of carbonyl (C=O) groups is 8. The van der Waals surface area contributed by atoms with Gasteiger partial charge in [-0.25, -0.2) is 0 Å². The SMILES string of the molecule is CN[C@@H](C)C(=O)N[C@H](C(=O)N1C[C@@H](NC(=O)c2ccc(C(=O)N[C@H]3C[C@@H](C(=O)NCc4ccccc4)N(C(=O)[C@@H](NC(=O)[C@H](C)NC)C4CCCCC4)C3)cc2)C[C@H]1C(=O)NCc1ccccc1)C1CCCCC1. The number of hydrogen-bond donors (Lipinski definition) is 8. The number of nitrogens with one attached hydrogen (secondary N) is 8. The molecule has 0 radical (unpaired) electrons. The second-order valence-electron chi connectivity index (χ2n) is 20.6. The van der Waals surface area contributed by atoms with Gasteiger partial charge < -0.3 is 52.3 Å². The first kappa shape index (κ1) is 55.1. The molecule has 4 aliphatic rings. The summed E-state index contributed by atoms with van der Waals surface area (Å²) in [6.07, 6.45) is 9.17. The third-order valence-corrected chi connectivity index (χ3v) is 15.5. The first-order valence-electron chi connectivity index (χ1n) is 26.7. The Morgan fingerprint density at radius 1 is 0.500 bits per heavy atom. The van der Waals surface area contributed by atoms with Gasteiger partial charge in [-0.05, 0) is 114 Å². The van der Waals surface area contributed by atoms with Crippen LogP contribution in [0.5, 0.6) is 0 Å². The zero-order chi connectivity index (χ0) is 52.7. The number of nitrogens with zero attached hydrogens (tertiary/aromatic N) is 2. The monoisotopic (exact) mass is 1020 g/mol. The number of likely N-dealkylation sites (tertiary alicyclic amines) is 2. The molecular formula is C56H76N10O8. The second-order valence-corrected chi connectivity index (χ2v) is 20.6. The van der Waals surface area contributed by atoms with Crippen LogP contribution in [-0.2, 0) is 41.9 Å². The van der Waals surface area contributed by atoms with E-state index >= 15 is 0 Å². The molecule has 8 atom stereocenters. The summed E-state index contributed by atoms with van der Waals surface area (Å²) >= 11 is 0. The Morgan fingerprint density at radius 2 is 0.851 bits per heavy atom. The van der Waals surface area contributed by atoms with Gasteiger partial charge in [-0.15, -0.1) is 0 Å². The molecule has 2 saturated heterocycles. The quantitative estimate of drug-likeness (QED) is 0.0824. The molecule has 398 valence electrons. The maximum Gasteiger partial charge on any atom is 0.251 e. The van der Waals surface area contributed by atoms with E-state index in [9.17, 15) is 38.4 Å². The van der Waals surface area contributed by atoms with E-state index < -0.39 is 60.1 Å². The lowest BCUT2D eigenvalue weighted by Crippen LogP contribution is -2.58. The third-order valence-electron chi connectivity index (χ3n) is 15.5. The summed E-state index contributed by atoms with van der Waals surface area (Å²) in [5, 5.41) is 23.9. The minimum Gasteiger partial charge on any atom is -0.350 e. The van der Waals surface area contributed by atoms with E-state index in [0.717, 1.165) is 75.3 Å². The van der Waals surface area contributed by atoms with Crippen LogP contribution in [0.2, 0.25) is 0 Å². The van der Waals surface area contributed by atoms with E-state index in [1.54, 1.807) is 27.9 Å². The van der Waals surface area contributed by atoms with Crippen LogP contribution in [0.3, 0.4) is 0 Å². The maximum atomic E-state index is 14.7. The van der Waals surface area contributed by atoms with Crippen LogP contribution in [-0.4, -0.2) is 133 Å². The highest BCUT2D eigenvalue weighted by Crippen LogP contribution is 2.32. The third kappa shape index (κ3) is 14.3. The summed E-state index contributed by atoms with van der Waals surface area (Å²) in [5.74, 6) is -3.19. The van der Waals surface area contributed by atoms with Crippen LogP contribution < -0.4 is 42.5 Å². The van der Waals surface area contributed by atoms with Crippen LogP contribution >= 0.6 is 0 Å². The number of likely N-dealkylation sites (N-methyl/N-ethyl adjacent to an activating group) is 2. The van der Waals surface area contributed by atoms with Crippen molar-refractivity contribution < 1.29 is 38.4 Å².